The number of carbonyl (C=O) groups excluding carboxylic acids is 1. The van der Waals surface area contributed by atoms with Crippen molar-refractivity contribution in [3.05, 3.63) is 0 Å². The molecule has 104 valence electrons. The molecule has 0 bridgehead atoms. The van der Waals surface area contributed by atoms with Crippen LogP contribution in [0, 0.1) is 5.92 Å². The number of amides is 1. The van der Waals surface area contributed by atoms with Gasteiger partial charge in [0.05, 0.1) is 12.1 Å². The summed E-state index contributed by atoms with van der Waals surface area (Å²) in [6.45, 7) is 3.33. The number of nitrogens with one attached hydrogen (secondary N) is 1. The molecule has 5 heteroatoms. The van der Waals surface area contributed by atoms with Gasteiger partial charge in [-0.15, -0.1) is 0 Å². The molecule has 0 spiro atoms. The van der Waals surface area contributed by atoms with E-state index < -0.39 is 0 Å². The van der Waals surface area contributed by atoms with Gasteiger partial charge in [-0.25, -0.2) is 0 Å². The summed E-state index contributed by atoms with van der Waals surface area (Å²) in [6.07, 6.45) is 3.10. The third kappa shape index (κ3) is 3.22. The molecule has 2 aliphatic rings. The van der Waals surface area contributed by atoms with Crippen molar-refractivity contribution in [1.82, 2.24) is 10.2 Å². The van der Waals surface area contributed by atoms with Gasteiger partial charge in [-0.2, -0.15) is 0 Å². The highest BCUT2D eigenvalue weighted by molar-refractivity contribution is 5.82. The summed E-state index contributed by atoms with van der Waals surface area (Å²) in [5, 5.41) is 3.25. The molecule has 0 radical (unpaired) electrons. The van der Waals surface area contributed by atoms with Crippen molar-refractivity contribution >= 4 is 5.91 Å². The SMILES string of the molecule is COCC1CCN(C(=O)C2CC(OC)CN2)CC1. The summed E-state index contributed by atoms with van der Waals surface area (Å²) < 4.78 is 10.5. The molecule has 0 aromatic carbocycles. The highest BCUT2D eigenvalue weighted by Crippen LogP contribution is 2.20. The van der Waals surface area contributed by atoms with Crippen LogP contribution in [0.3, 0.4) is 0 Å². The molecular formula is C13H24N2O3. The van der Waals surface area contributed by atoms with Gasteiger partial charge in [0, 0.05) is 40.5 Å². The average molecular weight is 256 g/mol. The number of carbonyl (C=O) groups is 1. The quantitative estimate of drug-likeness (QED) is 0.783. The first kappa shape index (κ1) is 13.8. The van der Waals surface area contributed by atoms with E-state index >= 15 is 0 Å². The predicted molar refractivity (Wildman–Crippen MR) is 68.4 cm³/mol. The minimum atomic E-state index is -0.0473. The number of hydrogen-bond donors (Lipinski definition) is 1. The van der Waals surface area contributed by atoms with Gasteiger partial charge in [-0.05, 0) is 25.2 Å². The van der Waals surface area contributed by atoms with Crippen LogP contribution in [0.5, 0.6) is 0 Å². The zero-order chi connectivity index (χ0) is 13.0. The van der Waals surface area contributed by atoms with Crippen LogP contribution in [0.4, 0.5) is 0 Å². The number of ether oxygens (including phenoxy) is 2. The van der Waals surface area contributed by atoms with Crippen LogP contribution >= 0.6 is 0 Å². The summed E-state index contributed by atoms with van der Waals surface area (Å²) in [5.74, 6) is 0.854. The zero-order valence-electron chi connectivity index (χ0n) is 11.4. The van der Waals surface area contributed by atoms with Crippen LogP contribution in [0.2, 0.25) is 0 Å². The van der Waals surface area contributed by atoms with Crippen molar-refractivity contribution in [2.75, 3.05) is 40.5 Å². The molecule has 2 unspecified atom stereocenters. The first-order valence-corrected chi connectivity index (χ1v) is 6.78. The van der Waals surface area contributed by atoms with Crippen molar-refractivity contribution in [1.29, 1.82) is 0 Å². The largest absolute Gasteiger partial charge is 0.384 e. The maximum absolute atomic E-state index is 12.3. The molecule has 2 atom stereocenters. The number of nitrogens with zero attached hydrogens (tertiary/aromatic N) is 1. The minimum absolute atomic E-state index is 0.0473. The van der Waals surface area contributed by atoms with E-state index in [-0.39, 0.29) is 18.1 Å². The first-order valence-electron chi connectivity index (χ1n) is 6.78. The maximum Gasteiger partial charge on any atom is 0.239 e. The molecule has 2 fully saturated rings. The standard InChI is InChI=1S/C13H24N2O3/c1-17-9-10-3-5-15(6-4-10)13(16)12-7-11(18-2)8-14-12/h10-12,14H,3-9H2,1-2H3. The molecular weight excluding hydrogens is 232 g/mol. The van der Waals surface area contributed by atoms with E-state index in [0.29, 0.717) is 5.92 Å². The summed E-state index contributed by atoms with van der Waals surface area (Å²) in [6, 6.07) is -0.0473. The molecule has 0 aromatic rings. The Labute approximate surface area is 109 Å². The summed E-state index contributed by atoms with van der Waals surface area (Å²) in [5.41, 5.74) is 0. The normalized spacial score (nSPS) is 29.8. The molecule has 1 amide bonds. The second kappa shape index (κ2) is 6.50. The van der Waals surface area contributed by atoms with Gasteiger partial charge >= 0.3 is 0 Å². The summed E-state index contributed by atoms with van der Waals surface area (Å²) in [7, 11) is 3.44. The number of hydrogen-bond acceptors (Lipinski definition) is 4. The van der Waals surface area contributed by atoms with Crippen LogP contribution in [0.15, 0.2) is 0 Å². The smallest absolute Gasteiger partial charge is 0.239 e. The molecule has 0 saturated carbocycles. The maximum atomic E-state index is 12.3. The van der Waals surface area contributed by atoms with Crippen LogP contribution < -0.4 is 5.32 Å². The minimum Gasteiger partial charge on any atom is -0.384 e. The Bertz CT molecular complexity index is 277. The van der Waals surface area contributed by atoms with Crippen molar-refractivity contribution in [2.45, 2.75) is 31.4 Å². The lowest BCUT2D eigenvalue weighted by Crippen LogP contribution is -2.47. The van der Waals surface area contributed by atoms with Gasteiger partial charge in [0.25, 0.3) is 0 Å². The summed E-state index contributed by atoms with van der Waals surface area (Å²) >= 11 is 0. The Morgan fingerprint density at radius 3 is 2.61 bits per heavy atom. The van der Waals surface area contributed by atoms with E-state index in [1.807, 2.05) is 4.90 Å². The Kier molecular flexibility index (Phi) is 4.97. The van der Waals surface area contributed by atoms with Gasteiger partial charge in [0.15, 0.2) is 0 Å². The van der Waals surface area contributed by atoms with Crippen LogP contribution in [-0.2, 0) is 14.3 Å². The van der Waals surface area contributed by atoms with Crippen LogP contribution in [-0.4, -0.2) is 63.4 Å². The topological polar surface area (TPSA) is 50.8 Å². The predicted octanol–water partition coefficient (Wildman–Crippen LogP) is 0.248. The summed E-state index contributed by atoms with van der Waals surface area (Å²) in [4.78, 5) is 14.3. The fourth-order valence-corrected chi connectivity index (χ4v) is 2.85. The third-order valence-electron chi connectivity index (χ3n) is 4.05. The highest BCUT2D eigenvalue weighted by atomic mass is 16.5. The van der Waals surface area contributed by atoms with Crippen LogP contribution in [0.25, 0.3) is 0 Å². The zero-order valence-corrected chi connectivity index (χ0v) is 11.4. The third-order valence-corrected chi connectivity index (χ3v) is 4.05. The molecule has 18 heavy (non-hydrogen) atoms. The van der Waals surface area contributed by atoms with E-state index in [9.17, 15) is 4.79 Å². The lowest BCUT2D eigenvalue weighted by molar-refractivity contribution is -0.134. The van der Waals surface area contributed by atoms with E-state index in [1.165, 1.54) is 0 Å². The molecule has 2 saturated heterocycles. The van der Waals surface area contributed by atoms with Crippen LogP contribution in [0.1, 0.15) is 19.3 Å². The number of likely N-dealkylation sites (tertiary alicyclic amines) is 1. The van der Waals surface area contributed by atoms with Gasteiger partial charge in [0.1, 0.15) is 0 Å². The monoisotopic (exact) mass is 256 g/mol. The van der Waals surface area contributed by atoms with Crippen molar-refractivity contribution in [3.63, 3.8) is 0 Å². The molecule has 0 aromatic heterocycles. The Balaban J connectivity index is 1.77. The Morgan fingerprint density at radius 2 is 2.06 bits per heavy atom. The molecule has 1 N–H and O–H groups in total. The van der Waals surface area contributed by atoms with Crippen molar-refractivity contribution in [3.8, 4) is 0 Å². The fourth-order valence-electron chi connectivity index (χ4n) is 2.85. The van der Waals surface area contributed by atoms with E-state index in [1.54, 1.807) is 14.2 Å². The van der Waals surface area contributed by atoms with Gasteiger partial charge in [-0.1, -0.05) is 0 Å². The van der Waals surface area contributed by atoms with Crippen molar-refractivity contribution < 1.29 is 14.3 Å². The van der Waals surface area contributed by atoms with Gasteiger partial charge in [0.2, 0.25) is 5.91 Å². The van der Waals surface area contributed by atoms with Gasteiger partial charge in [-0.3, -0.25) is 4.79 Å². The lowest BCUT2D eigenvalue weighted by atomic mass is 9.97. The van der Waals surface area contributed by atoms with E-state index in [4.69, 9.17) is 9.47 Å². The lowest BCUT2D eigenvalue weighted by Gasteiger charge is -2.33. The Morgan fingerprint density at radius 1 is 1.33 bits per heavy atom. The number of rotatable bonds is 4. The molecule has 2 rings (SSSR count). The molecule has 2 aliphatic heterocycles. The number of methoxy groups -OCH3 is 2. The van der Waals surface area contributed by atoms with Gasteiger partial charge < -0.3 is 19.7 Å². The fraction of sp³-hybridized carbons (Fsp3) is 0.923. The highest BCUT2D eigenvalue weighted by Gasteiger charge is 2.33. The second-order valence-corrected chi connectivity index (χ2v) is 5.28. The second-order valence-electron chi connectivity index (χ2n) is 5.28. The molecule has 5 nitrogen and oxygen atoms in total. The molecule has 2 heterocycles. The molecule has 0 aliphatic carbocycles. The first-order chi connectivity index (χ1) is 8.74. The number of piperidine rings is 1. The average Bonchev–Trinajstić information content (AvgIpc) is 2.88. The Hall–Kier alpha value is -0.650. The van der Waals surface area contributed by atoms with E-state index in [2.05, 4.69) is 5.32 Å². The van der Waals surface area contributed by atoms with Crippen molar-refractivity contribution in [2.24, 2.45) is 5.92 Å². The van der Waals surface area contributed by atoms with E-state index in [0.717, 1.165) is 45.5 Å².